The molecule has 0 bridgehead atoms. The number of rotatable bonds is 6. The molecule has 0 saturated carbocycles. The molecule has 7 heteroatoms. The Morgan fingerprint density at radius 2 is 1.94 bits per heavy atom. The first kappa shape index (κ1) is 15.4. The number of carbonyl (C=O) groups is 1. The van der Waals surface area contributed by atoms with Crippen molar-refractivity contribution in [2.75, 3.05) is 51.3 Å². The Balaban J connectivity index is 2.23. The number of carbonyl (C=O) groups excluding carboxylic acids is 1. The third kappa shape index (κ3) is 5.32. The Kier molecular flexibility index (Phi) is 6.04. The van der Waals surface area contributed by atoms with E-state index < -0.39 is 9.84 Å². The molecule has 1 saturated heterocycles. The minimum atomic E-state index is -2.83. The number of nitrogens with two attached hydrogens (primary N) is 1. The van der Waals surface area contributed by atoms with Gasteiger partial charge in [0, 0.05) is 39.6 Å². The lowest BCUT2D eigenvalue weighted by Crippen LogP contribution is -2.42. The van der Waals surface area contributed by atoms with Gasteiger partial charge in [0.2, 0.25) is 5.91 Å². The van der Waals surface area contributed by atoms with Gasteiger partial charge in [0.15, 0.2) is 9.84 Å². The molecule has 1 rings (SSSR count). The fourth-order valence-corrected chi connectivity index (χ4v) is 3.15. The highest BCUT2D eigenvalue weighted by Crippen LogP contribution is 2.05. The average molecular weight is 277 g/mol. The van der Waals surface area contributed by atoms with E-state index in [0.717, 1.165) is 6.42 Å². The van der Waals surface area contributed by atoms with Gasteiger partial charge in [-0.3, -0.25) is 4.79 Å². The first-order chi connectivity index (χ1) is 8.44. The molecule has 1 aliphatic heterocycles. The minimum Gasteiger partial charge on any atom is -0.346 e. The van der Waals surface area contributed by atoms with Crippen molar-refractivity contribution in [2.24, 2.45) is 5.73 Å². The summed E-state index contributed by atoms with van der Waals surface area (Å²) in [6.07, 6.45) is 1.26. The van der Waals surface area contributed by atoms with E-state index in [4.69, 9.17) is 5.73 Å². The van der Waals surface area contributed by atoms with Gasteiger partial charge in [0.25, 0.3) is 0 Å². The molecular formula is C11H23N3O3S. The summed E-state index contributed by atoms with van der Waals surface area (Å²) in [6, 6.07) is 0. The molecule has 0 aromatic carbocycles. The van der Waals surface area contributed by atoms with E-state index >= 15 is 0 Å². The van der Waals surface area contributed by atoms with E-state index in [1.165, 1.54) is 0 Å². The van der Waals surface area contributed by atoms with E-state index in [1.807, 2.05) is 4.90 Å². The Morgan fingerprint density at radius 3 is 2.50 bits per heavy atom. The smallest absolute Gasteiger partial charge is 0.223 e. The number of hydrogen-bond donors (Lipinski definition) is 1. The van der Waals surface area contributed by atoms with Crippen LogP contribution in [0.3, 0.4) is 0 Å². The second kappa shape index (κ2) is 7.06. The van der Waals surface area contributed by atoms with Crippen LogP contribution in [0.2, 0.25) is 0 Å². The van der Waals surface area contributed by atoms with Crippen LogP contribution in [0.1, 0.15) is 12.8 Å². The predicted octanol–water partition coefficient (Wildman–Crippen LogP) is -1.09. The summed E-state index contributed by atoms with van der Waals surface area (Å²) in [5, 5.41) is 0. The van der Waals surface area contributed by atoms with Gasteiger partial charge in [0.1, 0.15) is 0 Å². The van der Waals surface area contributed by atoms with E-state index in [2.05, 4.69) is 0 Å². The van der Waals surface area contributed by atoms with E-state index in [-0.39, 0.29) is 17.4 Å². The highest BCUT2D eigenvalue weighted by Gasteiger charge is 2.22. The predicted molar refractivity (Wildman–Crippen MR) is 71.0 cm³/mol. The summed E-state index contributed by atoms with van der Waals surface area (Å²) in [6.45, 7) is 3.00. The molecule has 18 heavy (non-hydrogen) atoms. The number of amides is 1. The highest BCUT2D eigenvalue weighted by molar-refractivity contribution is 7.91. The monoisotopic (exact) mass is 277 g/mol. The second-order valence-electron chi connectivity index (χ2n) is 4.70. The first-order valence-corrected chi connectivity index (χ1v) is 8.13. The molecule has 6 nitrogen and oxygen atoms in total. The molecule has 0 radical (unpaired) electrons. The molecule has 0 aromatic heterocycles. The summed E-state index contributed by atoms with van der Waals surface area (Å²) in [5.74, 6) is 0.519. The quantitative estimate of drug-likeness (QED) is 0.667. The normalized spacial score (nSPS) is 19.7. The lowest BCUT2D eigenvalue weighted by molar-refractivity contribution is -0.130. The van der Waals surface area contributed by atoms with Crippen LogP contribution in [0.4, 0.5) is 0 Å². The zero-order chi connectivity index (χ0) is 13.6. The Hall–Kier alpha value is -0.660. The minimum absolute atomic E-state index is 0.0943. The van der Waals surface area contributed by atoms with E-state index in [0.29, 0.717) is 39.1 Å². The summed E-state index contributed by atoms with van der Waals surface area (Å²) in [5.41, 5.74) is 5.39. The second-order valence-corrected chi connectivity index (χ2v) is 7.00. The lowest BCUT2D eigenvalue weighted by atomic mass is 10.3. The molecule has 1 amide bonds. The van der Waals surface area contributed by atoms with Gasteiger partial charge >= 0.3 is 0 Å². The highest BCUT2D eigenvalue weighted by atomic mass is 32.2. The zero-order valence-corrected chi connectivity index (χ0v) is 11.8. The molecule has 0 aliphatic carbocycles. The largest absolute Gasteiger partial charge is 0.346 e. The van der Waals surface area contributed by atoms with Crippen LogP contribution < -0.4 is 5.73 Å². The van der Waals surface area contributed by atoms with Crippen molar-refractivity contribution in [2.45, 2.75) is 12.8 Å². The Bertz CT molecular complexity index is 356. The van der Waals surface area contributed by atoms with Crippen molar-refractivity contribution in [3.63, 3.8) is 0 Å². The lowest BCUT2D eigenvalue weighted by Gasteiger charge is -2.27. The molecule has 106 valence electrons. The van der Waals surface area contributed by atoms with Gasteiger partial charge in [-0.1, -0.05) is 0 Å². The van der Waals surface area contributed by atoms with E-state index in [9.17, 15) is 13.2 Å². The van der Waals surface area contributed by atoms with E-state index in [1.54, 1.807) is 11.9 Å². The van der Waals surface area contributed by atoms with Crippen LogP contribution in [0.5, 0.6) is 0 Å². The molecule has 1 aliphatic rings. The third-order valence-corrected chi connectivity index (χ3v) is 4.81. The molecule has 1 heterocycles. The van der Waals surface area contributed by atoms with Crippen LogP contribution in [0.25, 0.3) is 0 Å². The average Bonchev–Trinajstić information content (AvgIpc) is 2.34. The van der Waals surface area contributed by atoms with Crippen molar-refractivity contribution in [1.29, 1.82) is 0 Å². The third-order valence-electron chi connectivity index (χ3n) is 3.20. The van der Waals surface area contributed by atoms with Gasteiger partial charge in [-0.25, -0.2) is 8.42 Å². The maximum Gasteiger partial charge on any atom is 0.223 e. The number of nitrogens with zero attached hydrogens (tertiary/aromatic N) is 2. The molecule has 0 atom stereocenters. The van der Waals surface area contributed by atoms with Crippen molar-refractivity contribution in [3.05, 3.63) is 0 Å². The number of hydrogen-bond acceptors (Lipinski definition) is 5. The van der Waals surface area contributed by atoms with Crippen LogP contribution in [0.15, 0.2) is 0 Å². The molecular weight excluding hydrogens is 254 g/mol. The van der Waals surface area contributed by atoms with Crippen LogP contribution >= 0.6 is 0 Å². The standard InChI is InChI=1S/C11H23N3O3S/c1-13(5-2-4-12)11(15)3-6-14-7-9-18(16,17)10-8-14/h2-10,12H2,1H3. The zero-order valence-electron chi connectivity index (χ0n) is 11.0. The summed E-state index contributed by atoms with van der Waals surface area (Å²) in [4.78, 5) is 15.5. The van der Waals surface area contributed by atoms with Crippen LogP contribution in [-0.4, -0.2) is 75.4 Å². The van der Waals surface area contributed by atoms with Crippen molar-refractivity contribution in [1.82, 2.24) is 9.80 Å². The SMILES string of the molecule is CN(CCCN)C(=O)CCN1CCS(=O)(=O)CC1. The molecule has 2 N–H and O–H groups in total. The van der Waals surface area contributed by atoms with Gasteiger partial charge in [-0.2, -0.15) is 0 Å². The maximum atomic E-state index is 11.8. The molecule has 1 fully saturated rings. The molecule has 0 aromatic rings. The van der Waals surface area contributed by atoms with Crippen molar-refractivity contribution < 1.29 is 13.2 Å². The fraction of sp³-hybridized carbons (Fsp3) is 0.909. The topological polar surface area (TPSA) is 83.7 Å². The molecule has 0 unspecified atom stereocenters. The van der Waals surface area contributed by atoms with Gasteiger partial charge in [0.05, 0.1) is 11.5 Å². The van der Waals surface area contributed by atoms with Crippen molar-refractivity contribution in [3.8, 4) is 0 Å². The first-order valence-electron chi connectivity index (χ1n) is 6.31. The van der Waals surface area contributed by atoms with Gasteiger partial charge in [-0.05, 0) is 13.0 Å². The Morgan fingerprint density at radius 1 is 1.33 bits per heavy atom. The van der Waals surface area contributed by atoms with Crippen molar-refractivity contribution >= 4 is 15.7 Å². The summed E-state index contributed by atoms with van der Waals surface area (Å²) < 4.78 is 22.5. The maximum absolute atomic E-state index is 11.8. The van der Waals surface area contributed by atoms with Gasteiger partial charge < -0.3 is 15.5 Å². The summed E-state index contributed by atoms with van der Waals surface area (Å²) >= 11 is 0. The Labute approximate surface area is 109 Å². The number of sulfone groups is 1. The van der Waals surface area contributed by atoms with Crippen LogP contribution in [-0.2, 0) is 14.6 Å². The van der Waals surface area contributed by atoms with Gasteiger partial charge in [-0.15, -0.1) is 0 Å². The molecule has 0 spiro atoms. The van der Waals surface area contributed by atoms with Crippen LogP contribution in [0, 0.1) is 0 Å². The fourth-order valence-electron chi connectivity index (χ4n) is 1.87. The summed E-state index contributed by atoms with van der Waals surface area (Å²) in [7, 11) is -1.06.